The van der Waals surface area contributed by atoms with Crippen molar-refractivity contribution in [1.82, 2.24) is 5.32 Å². The van der Waals surface area contributed by atoms with E-state index >= 15 is 0 Å². The number of aryl methyl sites for hydroxylation is 1. The quantitative estimate of drug-likeness (QED) is 0.795. The molecule has 0 bridgehead atoms. The minimum Gasteiger partial charge on any atom is -0.496 e. The molecule has 1 rings (SSSR count). The molecule has 0 aromatic heterocycles. The van der Waals surface area contributed by atoms with Crippen LogP contribution >= 0.6 is 0 Å². The maximum Gasteiger partial charge on any atom is 0.404 e. The zero-order valence-corrected chi connectivity index (χ0v) is 8.91. The molecule has 0 aliphatic rings. The van der Waals surface area contributed by atoms with Crippen LogP contribution in [0.4, 0.5) is 4.79 Å². The third kappa shape index (κ3) is 3.50. The maximum atomic E-state index is 10.3. The smallest absolute Gasteiger partial charge is 0.404 e. The summed E-state index contributed by atoms with van der Waals surface area (Å²) in [5.74, 6) is 0.799. The van der Waals surface area contributed by atoms with Crippen LogP contribution in [0.15, 0.2) is 18.2 Å². The number of nitrogens with one attached hydrogen (secondary N) is 1. The molecule has 82 valence electrons. The first-order chi connectivity index (χ1) is 7.13. The Kier molecular flexibility index (Phi) is 3.97. The van der Waals surface area contributed by atoms with Gasteiger partial charge in [-0.2, -0.15) is 0 Å². The number of carbonyl (C=O) groups is 1. The molecule has 1 amide bonds. The molecule has 0 atom stereocenters. The van der Waals surface area contributed by atoms with E-state index in [1.54, 1.807) is 7.11 Å². The molecule has 15 heavy (non-hydrogen) atoms. The van der Waals surface area contributed by atoms with Gasteiger partial charge in [0, 0.05) is 6.54 Å². The zero-order chi connectivity index (χ0) is 11.3. The van der Waals surface area contributed by atoms with E-state index in [4.69, 9.17) is 9.84 Å². The topological polar surface area (TPSA) is 58.6 Å². The van der Waals surface area contributed by atoms with Crippen molar-refractivity contribution in [2.75, 3.05) is 13.7 Å². The molecule has 1 aromatic rings. The first-order valence-electron chi connectivity index (χ1n) is 4.74. The molecule has 4 heteroatoms. The van der Waals surface area contributed by atoms with Gasteiger partial charge in [-0.25, -0.2) is 4.79 Å². The minimum absolute atomic E-state index is 0.398. The van der Waals surface area contributed by atoms with Crippen molar-refractivity contribution >= 4 is 6.09 Å². The third-order valence-corrected chi connectivity index (χ3v) is 2.11. The summed E-state index contributed by atoms with van der Waals surface area (Å²) in [4.78, 5) is 10.3. The zero-order valence-electron chi connectivity index (χ0n) is 8.91. The summed E-state index contributed by atoms with van der Waals surface area (Å²) in [7, 11) is 1.61. The highest BCUT2D eigenvalue weighted by molar-refractivity contribution is 5.64. The molecule has 0 unspecified atom stereocenters. The number of carboxylic acid groups (broad SMARTS) is 1. The van der Waals surface area contributed by atoms with Crippen LogP contribution in [-0.4, -0.2) is 24.9 Å². The molecule has 0 aliphatic carbocycles. The lowest BCUT2D eigenvalue weighted by Gasteiger charge is -2.09. The number of rotatable bonds is 4. The van der Waals surface area contributed by atoms with Crippen molar-refractivity contribution in [3.8, 4) is 5.75 Å². The summed E-state index contributed by atoms with van der Waals surface area (Å²) in [6.07, 6.45) is -0.362. The molecular formula is C11H15NO3. The number of methoxy groups -OCH3 is 1. The lowest BCUT2D eigenvalue weighted by Crippen LogP contribution is -2.23. The third-order valence-electron chi connectivity index (χ3n) is 2.11. The second kappa shape index (κ2) is 5.24. The van der Waals surface area contributed by atoms with Gasteiger partial charge in [0.25, 0.3) is 0 Å². The van der Waals surface area contributed by atoms with Crippen LogP contribution in [-0.2, 0) is 6.42 Å². The molecule has 0 spiro atoms. The Hall–Kier alpha value is -1.71. The first-order valence-corrected chi connectivity index (χ1v) is 4.74. The van der Waals surface area contributed by atoms with E-state index < -0.39 is 6.09 Å². The number of hydrogen-bond acceptors (Lipinski definition) is 2. The fraction of sp³-hybridized carbons (Fsp3) is 0.364. The van der Waals surface area contributed by atoms with Crippen LogP contribution < -0.4 is 10.1 Å². The Bertz CT molecular complexity index is 350. The van der Waals surface area contributed by atoms with Crippen molar-refractivity contribution in [2.45, 2.75) is 13.3 Å². The van der Waals surface area contributed by atoms with E-state index in [0.29, 0.717) is 13.0 Å². The maximum absolute atomic E-state index is 10.3. The normalized spacial score (nSPS) is 9.73. The SMILES string of the molecule is COc1ccc(C)cc1CCNC(=O)O. The number of ether oxygens (including phenoxy) is 1. The monoisotopic (exact) mass is 209 g/mol. The molecule has 0 heterocycles. The second-order valence-electron chi connectivity index (χ2n) is 3.30. The van der Waals surface area contributed by atoms with Crippen molar-refractivity contribution in [1.29, 1.82) is 0 Å². The molecule has 0 saturated carbocycles. The Morgan fingerprint density at radius 3 is 2.87 bits per heavy atom. The van der Waals surface area contributed by atoms with Gasteiger partial charge in [-0.15, -0.1) is 0 Å². The van der Waals surface area contributed by atoms with Gasteiger partial charge in [-0.05, 0) is 25.0 Å². The van der Waals surface area contributed by atoms with Crippen LogP contribution in [0.5, 0.6) is 5.75 Å². The molecule has 1 aromatic carbocycles. The average Bonchev–Trinajstić information content (AvgIpc) is 2.17. The predicted molar refractivity (Wildman–Crippen MR) is 57.5 cm³/mol. The fourth-order valence-corrected chi connectivity index (χ4v) is 1.41. The van der Waals surface area contributed by atoms with Crippen LogP contribution in [0.25, 0.3) is 0 Å². The van der Waals surface area contributed by atoms with Crippen molar-refractivity contribution in [3.63, 3.8) is 0 Å². The molecule has 0 radical (unpaired) electrons. The molecule has 0 saturated heterocycles. The summed E-state index contributed by atoms with van der Waals surface area (Å²) in [6, 6.07) is 5.86. The highest BCUT2D eigenvalue weighted by Gasteiger charge is 2.03. The van der Waals surface area contributed by atoms with E-state index in [1.807, 2.05) is 25.1 Å². The molecule has 4 nitrogen and oxygen atoms in total. The van der Waals surface area contributed by atoms with Crippen molar-refractivity contribution < 1.29 is 14.6 Å². The summed E-state index contributed by atoms with van der Waals surface area (Å²) in [5.41, 5.74) is 2.16. The van der Waals surface area contributed by atoms with Crippen LogP contribution in [0.2, 0.25) is 0 Å². The predicted octanol–water partition coefficient (Wildman–Crippen LogP) is 1.81. The largest absolute Gasteiger partial charge is 0.496 e. The minimum atomic E-state index is -0.999. The molecule has 0 aliphatic heterocycles. The van der Waals surface area contributed by atoms with Gasteiger partial charge < -0.3 is 15.2 Å². The van der Waals surface area contributed by atoms with Gasteiger partial charge >= 0.3 is 6.09 Å². The fourth-order valence-electron chi connectivity index (χ4n) is 1.41. The highest BCUT2D eigenvalue weighted by atomic mass is 16.5. The Labute approximate surface area is 88.9 Å². The van der Waals surface area contributed by atoms with E-state index in [2.05, 4.69) is 5.32 Å². The van der Waals surface area contributed by atoms with Gasteiger partial charge in [0.2, 0.25) is 0 Å². The summed E-state index contributed by atoms with van der Waals surface area (Å²) < 4.78 is 5.18. The van der Waals surface area contributed by atoms with Crippen LogP contribution in [0.1, 0.15) is 11.1 Å². The van der Waals surface area contributed by atoms with Crippen molar-refractivity contribution in [3.05, 3.63) is 29.3 Å². The first kappa shape index (κ1) is 11.4. The second-order valence-corrected chi connectivity index (χ2v) is 3.30. The van der Waals surface area contributed by atoms with E-state index in [0.717, 1.165) is 16.9 Å². The van der Waals surface area contributed by atoms with Crippen molar-refractivity contribution in [2.24, 2.45) is 0 Å². The van der Waals surface area contributed by atoms with Gasteiger partial charge in [-0.1, -0.05) is 17.7 Å². The van der Waals surface area contributed by atoms with E-state index in [-0.39, 0.29) is 0 Å². The summed E-state index contributed by atoms with van der Waals surface area (Å²) in [6.45, 7) is 2.39. The standard InChI is InChI=1S/C11H15NO3/c1-8-3-4-10(15-2)9(7-8)5-6-12-11(13)14/h3-4,7,12H,5-6H2,1-2H3,(H,13,14). The van der Waals surface area contributed by atoms with Gasteiger partial charge in [0.15, 0.2) is 0 Å². The Morgan fingerprint density at radius 1 is 1.53 bits per heavy atom. The Morgan fingerprint density at radius 2 is 2.27 bits per heavy atom. The molecular weight excluding hydrogens is 194 g/mol. The highest BCUT2D eigenvalue weighted by Crippen LogP contribution is 2.19. The summed E-state index contributed by atoms with van der Waals surface area (Å²) >= 11 is 0. The van der Waals surface area contributed by atoms with E-state index in [9.17, 15) is 4.79 Å². The van der Waals surface area contributed by atoms with Gasteiger partial charge in [0.05, 0.1) is 7.11 Å². The lowest BCUT2D eigenvalue weighted by atomic mass is 10.1. The Balaban J connectivity index is 2.65. The van der Waals surface area contributed by atoms with Crippen LogP contribution in [0, 0.1) is 6.92 Å². The van der Waals surface area contributed by atoms with Gasteiger partial charge in [0.1, 0.15) is 5.75 Å². The van der Waals surface area contributed by atoms with E-state index in [1.165, 1.54) is 0 Å². The summed E-state index contributed by atoms with van der Waals surface area (Å²) in [5, 5.41) is 10.8. The number of benzene rings is 1. The van der Waals surface area contributed by atoms with Crippen LogP contribution in [0.3, 0.4) is 0 Å². The molecule has 2 N–H and O–H groups in total. The molecule has 0 fully saturated rings. The van der Waals surface area contributed by atoms with Gasteiger partial charge in [-0.3, -0.25) is 0 Å². The lowest BCUT2D eigenvalue weighted by molar-refractivity contribution is 0.194. The average molecular weight is 209 g/mol. The number of hydrogen-bond donors (Lipinski definition) is 2. The number of amides is 1.